The quantitative estimate of drug-likeness (QED) is 0.849. The van der Waals surface area contributed by atoms with E-state index in [-0.39, 0.29) is 11.8 Å². The van der Waals surface area contributed by atoms with Crippen LogP contribution in [0.3, 0.4) is 0 Å². The predicted molar refractivity (Wildman–Crippen MR) is 90.2 cm³/mol. The van der Waals surface area contributed by atoms with Gasteiger partial charge in [0.25, 0.3) is 0 Å². The summed E-state index contributed by atoms with van der Waals surface area (Å²) >= 11 is 0. The molecule has 2 aromatic rings. The summed E-state index contributed by atoms with van der Waals surface area (Å²) in [6.07, 6.45) is 0.867. The lowest BCUT2D eigenvalue weighted by molar-refractivity contribution is -0.116. The van der Waals surface area contributed by atoms with Gasteiger partial charge in [-0.3, -0.25) is 9.59 Å². The lowest BCUT2D eigenvalue weighted by Gasteiger charge is -2.12. The molecule has 0 saturated carbocycles. The number of hydrogen-bond donors (Lipinski definition) is 2. The van der Waals surface area contributed by atoms with Gasteiger partial charge in [0, 0.05) is 24.6 Å². The molecule has 1 aromatic carbocycles. The molecule has 1 aromatic heterocycles. The van der Waals surface area contributed by atoms with Gasteiger partial charge in [-0.1, -0.05) is 5.16 Å². The molecule has 0 aliphatic rings. The van der Waals surface area contributed by atoms with Crippen molar-refractivity contribution in [2.45, 2.75) is 33.6 Å². The van der Waals surface area contributed by atoms with Gasteiger partial charge in [-0.15, -0.1) is 0 Å². The lowest BCUT2D eigenvalue weighted by Crippen LogP contribution is -2.13. The van der Waals surface area contributed by atoms with Crippen LogP contribution >= 0.6 is 0 Å². The number of nitrogens with one attached hydrogen (secondary N) is 2. The minimum atomic E-state index is -0.213. The van der Waals surface area contributed by atoms with Crippen molar-refractivity contribution in [3.05, 3.63) is 35.2 Å². The number of hydrogen-bond acceptors (Lipinski definition) is 5. The fourth-order valence-electron chi connectivity index (χ4n) is 2.39. The Bertz CT molecular complexity index is 733. The summed E-state index contributed by atoms with van der Waals surface area (Å²) < 4.78 is 10.3. The third-order valence-corrected chi connectivity index (χ3v) is 3.58. The zero-order valence-corrected chi connectivity index (χ0v) is 14.2. The van der Waals surface area contributed by atoms with Crippen LogP contribution in [0.2, 0.25) is 0 Å². The van der Waals surface area contributed by atoms with Gasteiger partial charge in [0.2, 0.25) is 11.8 Å². The number of carbonyl (C=O) groups excluding carboxylic acids is 2. The van der Waals surface area contributed by atoms with Gasteiger partial charge in [0.05, 0.1) is 18.5 Å². The van der Waals surface area contributed by atoms with E-state index in [1.165, 1.54) is 14.0 Å². The number of anilines is 2. The molecule has 2 N–H and O–H groups in total. The second-order valence-electron chi connectivity index (χ2n) is 5.45. The van der Waals surface area contributed by atoms with E-state index in [1.807, 2.05) is 13.8 Å². The fraction of sp³-hybridized carbons (Fsp3) is 0.353. The number of rotatable bonds is 6. The molecule has 0 aliphatic heterocycles. The topological polar surface area (TPSA) is 93.5 Å². The number of ether oxygens (including phenoxy) is 1. The van der Waals surface area contributed by atoms with Gasteiger partial charge in [-0.05, 0) is 38.5 Å². The van der Waals surface area contributed by atoms with Crippen LogP contribution in [0.25, 0.3) is 0 Å². The van der Waals surface area contributed by atoms with E-state index in [0.717, 1.165) is 17.0 Å². The zero-order chi connectivity index (χ0) is 17.7. The molecule has 0 atom stereocenters. The first-order chi connectivity index (χ1) is 11.4. The van der Waals surface area contributed by atoms with E-state index in [0.29, 0.717) is 30.0 Å². The second kappa shape index (κ2) is 7.63. The summed E-state index contributed by atoms with van der Waals surface area (Å²) in [6.45, 7) is 5.09. The smallest absolute Gasteiger partial charge is 0.224 e. The highest BCUT2D eigenvalue weighted by Gasteiger charge is 2.12. The average Bonchev–Trinajstić information content (AvgIpc) is 2.83. The van der Waals surface area contributed by atoms with Crippen molar-refractivity contribution in [2.75, 3.05) is 17.7 Å². The first-order valence-electron chi connectivity index (χ1n) is 7.58. The molecule has 1 heterocycles. The van der Waals surface area contributed by atoms with Crippen molar-refractivity contribution in [1.82, 2.24) is 5.16 Å². The Morgan fingerprint density at radius 3 is 2.58 bits per heavy atom. The van der Waals surface area contributed by atoms with Crippen molar-refractivity contribution in [1.29, 1.82) is 0 Å². The van der Waals surface area contributed by atoms with Crippen LogP contribution in [-0.4, -0.2) is 24.1 Å². The van der Waals surface area contributed by atoms with Crippen LogP contribution in [0.15, 0.2) is 22.7 Å². The summed E-state index contributed by atoms with van der Waals surface area (Å²) in [7, 11) is 1.52. The number of aromatic nitrogens is 1. The molecule has 128 valence electrons. The van der Waals surface area contributed by atoms with E-state index >= 15 is 0 Å². The van der Waals surface area contributed by atoms with Crippen molar-refractivity contribution in [3.8, 4) is 5.75 Å². The Kier molecular flexibility index (Phi) is 5.57. The van der Waals surface area contributed by atoms with E-state index < -0.39 is 0 Å². The number of nitrogens with zero attached hydrogens (tertiary/aromatic N) is 1. The lowest BCUT2D eigenvalue weighted by atomic mass is 10.1. The van der Waals surface area contributed by atoms with Crippen LogP contribution in [0.4, 0.5) is 11.4 Å². The van der Waals surface area contributed by atoms with E-state index in [2.05, 4.69) is 15.8 Å². The number of aryl methyl sites for hydroxylation is 2. The number of benzene rings is 1. The Morgan fingerprint density at radius 1 is 1.25 bits per heavy atom. The maximum Gasteiger partial charge on any atom is 0.224 e. The van der Waals surface area contributed by atoms with Crippen LogP contribution in [-0.2, 0) is 16.0 Å². The Labute approximate surface area is 140 Å². The summed E-state index contributed by atoms with van der Waals surface area (Å²) in [5.74, 6) is 0.917. The van der Waals surface area contributed by atoms with Crippen LogP contribution < -0.4 is 15.4 Å². The van der Waals surface area contributed by atoms with Crippen LogP contribution in [0, 0.1) is 13.8 Å². The minimum Gasteiger partial charge on any atom is -0.495 e. The Morgan fingerprint density at radius 2 is 2.00 bits per heavy atom. The van der Waals surface area contributed by atoms with Gasteiger partial charge in [-0.25, -0.2) is 0 Å². The van der Waals surface area contributed by atoms with E-state index in [1.54, 1.807) is 18.2 Å². The van der Waals surface area contributed by atoms with Gasteiger partial charge in [0.15, 0.2) is 0 Å². The maximum absolute atomic E-state index is 12.1. The molecule has 2 rings (SSSR count). The third kappa shape index (κ3) is 4.34. The SMILES string of the molecule is COc1ccc(NC(=O)CCc2c(C)noc2C)cc1NC(C)=O. The van der Waals surface area contributed by atoms with Crippen molar-refractivity contribution >= 4 is 23.2 Å². The molecular weight excluding hydrogens is 310 g/mol. The predicted octanol–water partition coefficient (Wildman–Crippen LogP) is 2.83. The highest BCUT2D eigenvalue weighted by Crippen LogP contribution is 2.28. The Hall–Kier alpha value is -2.83. The first kappa shape index (κ1) is 17.5. The summed E-state index contributed by atoms with van der Waals surface area (Å²) in [5, 5.41) is 9.36. The molecule has 0 unspecified atom stereocenters. The maximum atomic E-state index is 12.1. The molecule has 0 bridgehead atoms. The average molecular weight is 331 g/mol. The van der Waals surface area contributed by atoms with Crippen LogP contribution in [0.5, 0.6) is 5.75 Å². The highest BCUT2D eigenvalue weighted by atomic mass is 16.5. The summed E-state index contributed by atoms with van der Waals surface area (Å²) in [6, 6.07) is 5.07. The third-order valence-electron chi connectivity index (χ3n) is 3.58. The normalized spacial score (nSPS) is 10.3. The monoisotopic (exact) mass is 331 g/mol. The van der Waals surface area contributed by atoms with Gasteiger partial charge >= 0.3 is 0 Å². The molecule has 0 radical (unpaired) electrons. The second-order valence-corrected chi connectivity index (χ2v) is 5.45. The molecule has 0 spiro atoms. The van der Waals surface area contributed by atoms with Gasteiger partial charge in [0.1, 0.15) is 11.5 Å². The first-order valence-corrected chi connectivity index (χ1v) is 7.58. The van der Waals surface area contributed by atoms with Gasteiger partial charge < -0.3 is 19.9 Å². The van der Waals surface area contributed by atoms with Crippen molar-refractivity contribution in [3.63, 3.8) is 0 Å². The zero-order valence-electron chi connectivity index (χ0n) is 14.2. The Balaban J connectivity index is 2.02. The standard InChI is InChI=1S/C17H21N3O4/c1-10-14(11(2)24-20-10)6-8-17(22)19-13-5-7-16(23-4)15(9-13)18-12(3)21/h5,7,9H,6,8H2,1-4H3,(H,18,21)(H,19,22). The number of carbonyl (C=O) groups is 2. The molecule has 0 aliphatic carbocycles. The molecule has 7 heteroatoms. The van der Waals surface area contributed by atoms with Gasteiger partial charge in [-0.2, -0.15) is 0 Å². The fourth-order valence-corrected chi connectivity index (χ4v) is 2.39. The number of amides is 2. The van der Waals surface area contributed by atoms with Crippen molar-refractivity contribution in [2.24, 2.45) is 0 Å². The molecule has 2 amide bonds. The molecule has 0 fully saturated rings. The number of methoxy groups -OCH3 is 1. The van der Waals surface area contributed by atoms with E-state index in [4.69, 9.17) is 9.26 Å². The summed E-state index contributed by atoms with van der Waals surface area (Å²) in [4.78, 5) is 23.4. The molecule has 24 heavy (non-hydrogen) atoms. The minimum absolute atomic E-state index is 0.131. The highest BCUT2D eigenvalue weighted by molar-refractivity contribution is 5.94. The van der Waals surface area contributed by atoms with Crippen LogP contribution in [0.1, 0.15) is 30.4 Å². The molecule has 0 saturated heterocycles. The molecular formula is C17H21N3O4. The summed E-state index contributed by atoms with van der Waals surface area (Å²) in [5.41, 5.74) is 2.85. The van der Waals surface area contributed by atoms with E-state index in [9.17, 15) is 9.59 Å². The molecule has 7 nitrogen and oxygen atoms in total. The largest absolute Gasteiger partial charge is 0.495 e. The van der Waals surface area contributed by atoms with Crippen molar-refractivity contribution < 1.29 is 18.8 Å².